The maximum absolute atomic E-state index is 6.03. The van der Waals surface area contributed by atoms with Gasteiger partial charge in [-0.05, 0) is 31.9 Å². The van der Waals surface area contributed by atoms with Gasteiger partial charge in [-0.2, -0.15) is 0 Å². The second kappa shape index (κ2) is 5.72. The molecule has 1 aromatic rings. The fraction of sp³-hybridized carbons (Fsp3) is 0.600. The summed E-state index contributed by atoms with van der Waals surface area (Å²) in [4.78, 5) is 0. The fourth-order valence-electron chi connectivity index (χ4n) is 2.27. The highest BCUT2D eigenvalue weighted by Crippen LogP contribution is 2.30. The van der Waals surface area contributed by atoms with E-state index in [0.717, 1.165) is 24.5 Å². The minimum Gasteiger partial charge on any atom is -0.496 e. The molecule has 1 saturated heterocycles. The van der Waals surface area contributed by atoms with Crippen LogP contribution in [-0.2, 0) is 4.74 Å². The summed E-state index contributed by atoms with van der Waals surface area (Å²) < 4.78 is 11.5. The molecular formula is C15H23NO2. The van der Waals surface area contributed by atoms with E-state index in [9.17, 15) is 0 Å². The molecule has 1 aliphatic heterocycles. The van der Waals surface area contributed by atoms with E-state index < -0.39 is 0 Å². The van der Waals surface area contributed by atoms with Crippen molar-refractivity contribution in [2.24, 2.45) is 5.92 Å². The zero-order chi connectivity index (χ0) is 13.1. The molecule has 2 rings (SSSR count). The van der Waals surface area contributed by atoms with Gasteiger partial charge in [0.25, 0.3) is 0 Å². The third-order valence-electron chi connectivity index (χ3n) is 3.77. The van der Waals surface area contributed by atoms with Crippen LogP contribution < -0.4 is 10.1 Å². The monoisotopic (exact) mass is 249 g/mol. The summed E-state index contributed by atoms with van der Waals surface area (Å²) >= 11 is 0. The summed E-state index contributed by atoms with van der Waals surface area (Å²) in [5, 5.41) is 3.53. The van der Waals surface area contributed by atoms with Crippen LogP contribution in [0.5, 0.6) is 5.75 Å². The lowest BCUT2D eigenvalue weighted by Crippen LogP contribution is -2.32. The van der Waals surface area contributed by atoms with Crippen LogP contribution in [0.1, 0.15) is 31.1 Å². The van der Waals surface area contributed by atoms with Gasteiger partial charge in [0.15, 0.2) is 0 Å². The predicted molar refractivity (Wildman–Crippen MR) is 73.1 cm³/mol. The minimum absolute atomic E-state index is 0.0762. The van der Waals surface area contributed by atoms with Crippen molar-refractivity contribution in [1.29, 1.82) is 0 Å². The SMILES string of the molecule is COc1ccc(C)cc1C1CNC(C)C(C)CO1. The molecule has 0 bridgehead atoms. The molecule has 100 valence electrons. The summed E-state index contributed by atoms with van der Waals surface area (Å²) in [5.74, 6) is 1.44. The fourth-order valence-corrected chi connectivity index (χ4v) is 2.27. The lowest BCUT2D eigenvalue weighted by atomic mass is 10.0. The quantitative estimate of drug-likeness (QED) is 0.874. The third-order valence-corrected chi connectivity index (χ3v) is 3.77. The molecule has 0 aliphatic carbocycles. The Morgan fingerprint density at radius 1 is 1.33 bits per heavy atom. The van der Waals surface area contributed by atoms with E-state index in [1.807, 2.05) is 6.07 Å². The van der Waals surface area contributed by atoms with Crippen LogP contribution in [0, 0.1) is 12.8 Å². The molecule has 1 fully saturated rings. The first-order chi connectivity index (χ1) is 8.61. The largest absolute Gasteiger partial charge is 0.496 e. The average Bonchev–Trinajstić information content (AvgIpc) is 2.53. The molecule has 0 amide bonds. The molecule has 3 atom stereocenters. The van der Waals surface area contributed by atoms with Crippen molar-refractivity contribution in [3.05, 3.63) is 29.3 Å². The molecule has 18 heavy (non-hydrogen) atoms. The van der Waals surface area contributed by atoms with E-state index in [-0.39, 0.29) is 6.10 Å². The highest BCUT2D eigenvalue weighted by molar-refractivity contribution is 5.38. The topological polar surface area (TPSA) is 30.5 Å². The van der Waals surface area contributed by atoms with Gasteiger partial charge in [-0.15, -0.1) is 0 Å². The lowest BCUT2D eigenvalue weighted by Gasteiger charge is -2.19. The summed E-state index contributed by atoms with van der Waals surface area (Å²) in [5.41, 5.74) is 2.38. The average molecular weight is 249 g/mol. The van der Waals surface area contributed by atoms with Gasteiger partial charge in [0.1, 0.15) is 5.75 Å². The van der Waals surface area contributed by atoms with Crippen molar-refractivity contribution in [1.82, 2.24) is 5.32 Å². The second-order valence-electron chi connectivity index (χ2n) is 5.24. The van der Waals surface area contributed by atoms with Crippen molar-refractivity contribution in [3.8, 4) is 5.75 Å². The Morgan fingerprint density at radius 3 is 2.83 bits per heavy atom. The van der Waals surface area contributed by atoms with Crippen LogP contribution in [0.25, 0.3) is 0 Å². The molecule has 0 aromatic heterocycles. The predicted octanol–water partition coefficient (Wildman–Crippen LogP) is 2.69. The highest BCUT2D eigenvalue weighted by atomic mass is 16.5. The summed E-state index contributed by atoms with van der Waals surface area (Å²) in [6.45, 7) is 8.15. The number of ether oxygens (including phenoxy) is 2. The Morgan fingerprint density at radius 2 is 2.11 bits per heavy atom. The van der Waals surface area contributed by atoms with E-state index in [1.54, 1.807) is 7.11 Å². The summed E-state index contributed by atoms with van der Waals surface area (Å²) in [6, 6.07) is 6.74. The zero-order valence-electron chi connectivity index (χ0n) is 11.7. The van der Waals surface area contributed by atoms with Gasteiger partial charge in [-0.25, -0.2) is 0 Å². The van der Waals surface area contributed by atoms with Crippen LogP contribution >= 0.6 is 0 Å². The minimum atomic E-state index is 0.0762. The molecule has 3 unspecified atom stereocenters. The first-order valence-electron chi connectivity index (χ1n) is 6.61. The number of benzene rings is 1. The molecule has 1 heterocycles. The molecule has 0 radical (unpaired) electrons. The molecule has 1 aromatic carbocycles. The van der Waals surface area contributed by atoms with Crippen LogP contribution in [0.4, 0.5) is 0 Å². The van der Waals surface area contributed by atoms with Crippen LogP contribution in [0.15, 0.2) is 18.2 Å². The normalized spacial score (nSPS) is 28.8. The van der Waals surface area contributed by atoms with E-state index in [4.69, 9.17) is 9.47 Å². The van der Waals surface area contributed by atoms with Crippen molar-refractivity contribution < 1.29 is 9.47 Å². The van der Waals surface area contributed by atoms with Crippen LogP contribution in [-0.4, -0.2) is 26.3 Å². The Bertz CT molecular complexity index is 393. The maximum atomic E-state index is 6.03. The molecule has 3 heteroatoms. The smallest absolute Gasteiger partial charge is 0.124 e. The summed E-state index contributed by atoms with van der Waals surface area (Å²) in [6.07, 6.45) is 0.0762. The molecule has 0 spiro atoms. The first-order valence-corrected chi connectivity index (χ1v) is 6.61. The third kappa shape index (κ3) is 2.85. The standard InChI is InChI=1S/C15H23NO2/c1-10-5-6-14(17-4)13(7-10)15-8-16-12(3)11(2)9-18-15/h5-7,11-12,15-16H,8-9H2,1-4H3. The first kappa shape index (κ1) is 13.4. The van der Waals surface area contributed by atoms with Crippen molar-refractivity contribution >= 4 is 0 Å². The lowest BCUT2D eigenvalue weighted by molar-refractivity contribution is 0.0481. The van der Waals surface area contributed by atoms with E-state index in [2.05, 4.69) is 38.2 Å². The van der Waals surface area contributed by atoms with Gasteiger partial charge in [0.05, 0.1) is 19.8 Å². The van der Waals surface area contributed by atoms with Crippen LogP contribution in [0.2, 0.25) is 0 Å². The van der Waals surface area contributed by atoms with Gasteiger partial charge in [-0.3, -0.25) is 0 Å². The van der Waals surface area contributed by atoms with Crippen molar-refractivity contribution in [2.45, 2.75) is 32.9 Å². The summed E-state index contributed by atoms with van der Waals surface area (Å²) in [7, 11) is 1.71. The van der Waals surface area contributed by atoms with E-state index in [1.165, 1.54) is 5.56 Å². The van der Waals surface area contributed by atoms with E-state index in [0.29, 0.717) is 12.0 Å². The number of rotatable bonds is 2. The van der Waals surface area contributed by atoms with E-state index >= 15 is 0 Å². The number of aryl methyl sites for hydroxylation is 1. The molecule has 1 aliphatic rings. The maximum Gasteiger partial charge on any atom is 0.124 e. The Balaban J connectivity index is 2.22. The van der Waals surface area contributed by atoms with Gasteiger partial charge in [0, 0.05) is 18.2 Å². The number of hydrogen-bond donors (Lipinski definition) is 1. The molecule has 3 nitrogen and oxygen atoms in total. The van der Waals surface area contributed by atoms with Gasteiger partial charge >= 0.3 is 0 Å². The van der Waals surface area contributed by atoms with Gasteiger partial charge in [-0.1, -0.05) is 18.6 Å². The highest BCUT2D eigenvalue weighted by Gasteiger charge is 2.24. The molecule has 1 N–H and O–H groups in total. The Kier molecular flexibility index (Phi) is 4.25. The van der Waals surface area contributed by atoms with Gasteiger partial charge < -0.3 is 14.8 Å². The Hall–Kier alpha value is -1.06. The molecule has 0 saturated carbocycles. The van der Waals surface area contributed by atoms with Gasteiger partial charge in [0.2, 0.25) is 0 Å². The number of hydrogen-bond acceptors (Lipinski definition) is 3. The van der Waals surface area contributed by atoms with Crippen LogP contribution in [0.3, 0.4) is 0 Å². The Labute approximate surface area is 109 Å². The van der Waals surface area contributed by atoms with Crippen molar-refractivity contribution in [2.75, 3.05) is 20.3 Å². The molecular weight excluding hydrogens is 226 g/mol. The number of methoxy groups -OCH3 is 1. The van der Waals surface area contributed by atoms with Crippen molar-refractivity contribution in [3.63, 3.8) is 0 Å². The second-order valence-corrected chi connectivity index (χ2v) is 5.24. The number of nitrogens with one attached hydrogen (secondary N) is 1. The zero-order valence-corrected chi connectivity index (χ0v) is 11.7.